The molecule has 2 aliphatic rings. The number of aryl methyl sites for hydroxylation is 1. The van der Waals surface area contributed by atoms with Crippen molar-refractivity contribution < 1.29 is 4.79 Å². The molecule has 2 atom stereocenters. The number of carbonyl (C=O) groups is 1. The second-order valence-corrected chi connectivity index (χ2v) is 10.6. The van der Waals surface area contributed by atoms with Gasteiger partial charge in [0.25, 0.3) is 5.56 Å². The van der Waals surface area contributed by atoms with E-state index in [1.54, 1.807) is 0 Å². The Labute approximate surface area is 198 Å². The molecule has 6 nitrogen and oxygen atoms in total. The maximum absolute atomic E-state index is 12.9. The van der Waals surface area contributed by atoms with Gasteiger partial charge in [0.1, 0.15) is 4.70 Å². The standard InChI is InChI=1S/C26H32N4O2S/c1-16-6-5-8-19(14-16)20-15-33-23-22(20)28-26(29-25(23)32)30-12-10-18(11-13-30)24(31)27-21-9-4-3-7-17(21)2/h5-6,8,14-15,17-18,21H,3-4,7,9-13H2,1-2H3,(H,27,31)(H,28,29,32). The molecule has 2 fully saturated rings. The van der Waals surface area contributed by atoms with Gasteiger partial charge in [0.15, 0.2) is 0 Å². The molecule has 0 bridgehead atoms. The van der Waals surface area contributed by atoms with Crippen LogP contribution in [0.3, 0.4) is 0 Å². The first-order chi connectivity index (χ1) is 16.0. The van der Waals surface area contributed by atoms with E-state index in [9.17, 15) is 9.59 Å². The molecular weight excluding hydrogens is 432 g/mol. The van der Waals surface area contributed by atoms with E-state index in [4.69, 9.17) is 4.98 Å². The van der Waals surface area contributed by atoms with Crippen LogP contribution in [0.4, 0.5) is 5.95 Å². The summed E-state index contributed by atoms with van der Waals surface area (Å²) in [6.07, 6.45) is 6.35. The van der Waals surface area contributed by atoms with Crippen LogP contribution in [-0.4, -0.2) is 35.0 Å². The average Bonchev–Trinajstić information content (AvgIpc) is 3.25. The smallest absolute Gasteiger partial charge is 0.270 e. The van der Waals surface area contributed by atoms with Crippen LogP contribution in [0.25, 0.3) is 21.3 Å². The zero-order valence-electron chi connectivity index (χ0n) is 19.4. The molecule has 33 heavy (non-hydrogen) atoms. The fraction of sp³-hybridized carbons (Fsp3) is 0.500. The number of amides is 1. The molecule has 3 heterocycles. The van der Waals surface area contributed by atoms with Crippen molar-refractivity contribution in [3.8, 4) is 11.1 Å². The SMILES string of the molecule is Cc1cccc(-c2csc3c(=O)[nH]c(N4CCC(C(=O)NC5CCCCC5C)CC4)nc23)c1. The van der Waals surface area contributed by atoms with E-state index in [0.29, 0.717) is 22.6 Å². The monoisotopic (exact) mass is 464 g/mol. The number of fused-ring (bicyclic) bond motifs is 1. The highest BCUT2D eigenvalue weighted by atomic mass is 32.1. The third kappa shape index (κ3) is 4.56. The molecule has 2 aromatic heterocycles. The molecule has 3 aromatic rings. The molecule has 1 saturated heterocycles. The number of carbonyl (C=O) groups excluding carboxylic acids is 1. The minimum atomic E-state index is -0.0925. The molecule has 0 spiro atoms. The Kier molecular flexibility index (Phi) is 6.23. The van der Waals surface area contributed by atoms with Crippen LogP contribution < -0.4 is 15.8 Å². The number of hydrogen-bond donors (Lipinski definition) is 2. The number of nitrogens with one attached hydrogen (secondary N) is 2. The van der Waals surface area contributed by atoms with Gasteiger partial charge in [-0.1, -0.05) is 49.6 Å². The highest BCUT2D eigenvalue weighted by Gasteiger charge is 2.30. The van der Waals surface area contributed by atoms with Crippen molar-refractivity contribution >= 4 is 33.4 Å². The average molecular weight is 465 g/mol. The van der Waals surface area contributed by atoms with Crippen LogP contribution >= 0.6 is 11.3 Å². The lowest BCUT2D eigenvalue weighted by molar-refractivity contribution is -0.126. The Bertz CT molecular complexity index is 1210. The zero-order chi connectivity index (χ0) is 22.9. The van der Waals surface area contributed by atoms with Gasteiger partial charge in [-0.25, -0.2) is 4.98 Å². The largest absolute Gasteiger partial charge is 0.353 e. The summed E-state index contributed by atoms with van der Waals surface area (Å²) in [4.78, 5) is 35.7. The Hall–Kier alpha value is -2.67. The van der Waals surface area contributed by atoms with Gasteiger partial charge in [-0.05, 0) is 44.1 Å². The number of nitrogens with zero attached hydrogens (tertiary/aromatic N) is 2. The van der Waals surface area contributed by atoms with Gasteiger partial charge in [-0.15, -0.1) is 11.3 Å². The summed E-state index contributed by atoms with van der Waals surface area (Å²) in [6, 6.07) is 8.61. The van der Waals surface area contributed by atoms with Crippen molar-refractivity contribution in [3.05, 3.63) is 45.6 Å². The molecule has 1 aliphatic heterocycles. The summed E-state index contributed by atoms with van der Waals surface area (Å²) in [7, 11) is 0. The van der Waals surface area contributed by atoms with E-state index in [2.05, 4.69) is 47.2 Å². The second kappa shape index (κ2) is 9.29. The van der Waals surface area contributed by atoms with E-state index >= 15 is 0 Å². The summed E-state index contributed by atoms with van der Waals surface area (Å²) in [6.45, 7) is 5.76. The van der Waals surface area contributed by atoms with Crippen molar-refractivity contribution in [2.24, 2.45) is 11.8 Å². The lowest BCUT2D eigenvalue weighted by Crippen LogP contribution is -2.47. The molecule has 1 saturated carbocycles. The number of thiophene rings is 1. The number of aromatic amines is 1. The summed E-state index contributed by atoms with van der Waals surface area (Å²) >= 11 is 1.44. The van der Waals surface area contributed by atoms with Gasteiger partial charge >= 0.3 is 0 Å². The van der Waals surface area contributed by atoms with Crippen LogP contribution in [0.5, 0.6) is 0 Å². The van der Waals surface area contributed by atoms with E-state index in [0.717, 1.165) is 49.0 Å². The van der Waals surface area contributed by atoms with E-state index in [1.807, 2.05) is 11.4 Å². The number of anilines is 1. The Morgan fingerprint density at radius 1 is 1.18 bits per heavy atom. The minimum Gasteiger partial charge on any atom is -0.353 e. The number of rotatable bonds is 4. The van der Waals surface area contributed by atoms with Crippen LogP contribution in [0, 0.1) is 18.8 Å². The highest BCUT2D eigenvalue weighted by molar-refractivity contribution is 7.17. The molecular formula is C26H32N4O2S. The molecule has 1 amide bonds. The van der Waals surface area contributed by atoms with Crippen molar-refractivity contribution in [1.29, 1.82) is 0 Å². The predicted molar refractivity (Wildman–Crippen MR) is 135 cm³/mol. The first kappa shape index (κ1) is 22.1. The lowest BCUT2D eigenvalue weighted by Gasteiger charge is -2.34. The zero-order valence-corrected chi connectivity index (χ0v) is 20.2. The first-order valence-corrected chi connectivity index (χ1v) is 13.0. The number of piperidine rings is 1. The summed E-state index contributed by atoms with van der Waals surface area (Å²) in [5.41, 5.74) is 3.93. The van der Waals surface area contributed by atoms with Gasteiger partial charge in [-0.2, -0.15) is 0 Å². The first-order valence-electron chi connectivity index (χ1n) is 12.1. The van der Waals surface area contributed by atoms with Gasteiger partial charge in [0.05, 0.1) is 5.52 Å². The topological polar surface area (TPSA) is 78.1 Å². The van der Waals surface area contributed by atoms with E-state index in [1.165, 1.54) is 36.2 Å². The van der Waals surface area contributed by atoms with E-state index in [-0.39, 0.29) is 17.4 Å². The molecule has 1 aromatic carbocycles. The van der Waals surface area contributed by atoms with Gasteiger partial charge in [-0.3, -0.25) is 14.6 Å². The quantitative estimate of drug-likeness (QED) is 0.577. The Morgan fingerprint density at radius 2 is 1.97 bits per heavy atom. The van der Waals surface area contributed by atoms with Gasteiger partial charge in [0, 0.05) is 36.0 Å². The molecule has 5 rings (SSSR count). The lowest BCUT2D eigenvalue weighted by atomic mass is 9.85. The van der Waals surface area contributed by atoms with Crippen molar-refractivity contribution in [2.75, 3.05) is 18.0 Å². The minimum absolute atomic E-state index is 0.0369. The fourth-order valence-corrected chi connectivity index (χ4v) is 6.18. The van der Waals surface area contributed by atoms with Crippen molar-refractivity contribution in [2.45, 2.75) is 58.4 Å². The molecule has 1 aliphatic carbocycles. The Morgan fingerprint density at radius 3 is 2.73 bits per heavy atom. The Balaban J connectivity index is 1.31. The number of H-pyrrole nitrogens is 1. The van der Waals surface area contributed by atoms with Gasteiger partial charge < -0.3 is 10.2 Å². The summed E-state index contributed by atoms with van der Waals surface area (Å²) < 4.78 is 0.658. The molecule has 7 heteroatoms. The van der Waals surface area contributed by atoms with Crippen molar-refractivity contribution in [3.63, 3.8) is 0 Å². The number of aromatic nitrogens is 2. The normalized spacial score (nSPS) is 21.9. The third-order valence-electron chi connectivity index (χ3n) is 7.35. The fourth-order valence-electron chi connectivity index (χ4n) is 5.27. The maximum Gasteiger partial charge on any atom is 0.270 e. The predicted octanol–water partition coefficient (Wildman–Crippen LogP) is 4.87. The van der Waals surface area contributed by atoms with Gasteiger partial charge in [0.2, 0.25) is 11.9 Å². The molecule has 2 N–H and O–H groups in total. The van der Waals surface area contributed by atoms with Crippen LogP contribution in [0.2, 0.25) is 0 Å². The second-order valence-electron chi connectivity index (χ2n) is 9.72. The highest BCUT2D eigenvalue weighted by Crippen LogP contribution is 2.33. The maximum atomic E-state index is 12.9. The van der Waals surface area contributed by atoms with E-state index < -0.39 is 0 Å². The summed E-state index contributed by atoms with van der Waals surface area (Å²) in [5, 5.41) is 5.35. The summed E-state index contributed by atoms with van der Waals surface area (Å²) in [5.74, 6) is 1.41. The van der Waals surface area contributed by atoms with Crippen molar-refractivity contribution in [1.82, 2.24) is 15.3 Å². The van der Waals surface area contributed by atoms with Crippen LogP contribution in [-0.2, 0) is 4.79 Å². The van der Waals surface area contributed by atoms with Crippen LogP contribution in [0.1, 0.15) is 51.0 Å². The third-order valence-corrected chi connectivity index (χ3v) is 8.32. The molecule has 0 radical (unpaired) electrons. The number of hydrogen-bond acceptors (Lipinski definition) is 5. The number of benzene rings is 1. The molecule has 2 unspecified atom stereocenters. The van der Waals surface area contributed by atoms with Crippen LogP contribution in [0.15, 0.2) is 34.4 Å². The molecule has 174 valence electrons.